The van der Waals surface area contributed by atoms with Crippen LogP contribution in [0, 0.1) is 5.82 Å². The molecule has 8 heteroatoms. The molecule has 0 N–H and O–H groups in total. The number of rotatable bonds is 4. The van der Waals surface area contributed by atoms with Crippen LogP contribution < -0.4 is 4.18 Å². The Kier molecular flexibility index (Phi) is 4.72. The summed E-state index contributed by atoms with van der Waals surface area (Å²) in [6, 6.07) is 7.93. The van der Waals surface area contributed by atoms with E-state index in [-0.39, 0.29) is 0 Å². The molecule has 0 saturated heterocycles. The van der Waals surface area contributed by atoms with Crippen LogP contribution in [0.3, 0.4) is 0 Å². The van der Waals surface area contributed by atoms with Crippen LogP contribution in [0.2, 0.25) is 0 Å². The molecule has 2 aromatic carbocycles. The second kappa shape index (κ2) is 6.57. The first-order chi connectivity index (χ1) is 12.1. The summed E-state index contributed by atoms with van der Waals surface area (Å²) in [5, 5.41) is 0. The van der Waals surface area contributed by atoms with Gasteiger partial charge in [-0.05, 0) is 59.2 Å². The fraction of sp³-hybridized carbons (Fsp3) is 0.333. The van der Waals surface area contributed by atoms with Crippen LogP contribution in [0.1, 0.15) is 30.0 Å². The molecular formula is C18H16F4O3S. The summed E-state index contributed by atoms with van der Waals surface area (Å²) in [6.45, 7) is 2.07. The first-order valence-corrected chi connectivity index (χ1v) is 9.48. The third-order valence-corrected chi connectivity index (χ3v) is 5.27. The zero-order valence-corrected chi connectivity index (χ0v) is 14.7. The van der Waals surface area contributed by atoms with E-state index in [0.29, 0.717) is 24.0 Å². The molecule has 0 bridgehead atoms. The third kappa shape index (κ3) is 3.42. The van der Waals surface area contributed by atoms with Gasteiger partial charge in [-0.2, -0.15) is 21.6 Å². The predicted molar refractivity (Wildman–Crippen MR) is 88.8 cm³/mol. The summed E-state index contributed by atoms with van der Waals surface area (Å²) in [5.41, 5.74) is -1.50. The Morgan fingerprint density at radius 2 is 1.69 bits per heavy atom. The van der Waals surface area contributed by atoms with E-state index in [9.17, 15) is 26.0 Å². The van der Waals surface area contributed by atoms with Gasteiger partial charge in [-0.15, -0.1) is 0 Å². The standard InChI is InChI=1S/C18H16F4O3S/c1-2-3-11-4-7-14-12(8-11)5-6-13-9-17(16(19)10-15(13)14)25-26(23,24)18(20,21)22/h4,7-10H,2-3,5-6H2,1H3. The lowest BCUT2D eigenvalue weighted by molar-refractivity contribution is -0.0500. The average molecular weight is 388 g/mol. The van der Waals surface area contributed by atoms with Crippen molar-refractivity contribution >= 4 is 10.1 Å². The lowest BCUT2D eigenvalue weighted by atomic mass is 9.84. The molecule has 1 aliphatic rings. The zero-order chi connectivity index (χ0) is 19.1. The summed E-state index contributed by atoms with van der Waals surface area (Å²) in [7, 11) is -5.91. The molecule has 0 atom stereocenters. The van der Waals surface area contributed by atoms with E-state index in [4.69, 9.17) is 0 Å². The van der Waals surface area contributed by atoms with Crippen LogP contribution >= 0.6 is 0 Å². The van der Waals surface area contributed by atoms with Gasteiger partial charge in [0.25, 0.3) is 0 Å². The molecule has 0 aliphatic heterocycles. The maximum atomic E-state index is 14.2. The number of benzene rings is 2. The van der Waals surface area contributed by atoms with Gasteiger partial charge in [0, 0.05) is 0 Å². The van der Waals surface area contributed by atoms with Crippen LogP contribution in [-0.2, 0) is 29.4 Å². The molecule has 3 rings (SSSR count). The molecule has 0 saturated carbocycles. The Bertz CT molecular complexity index is 950. The van der Waals surface area contributed by atoms with Crippen molar-refractivity contribution in [2.45, 2.75) is 38.1 Å². The van der Waals surface area contributed by atoms with Gasteiger partial charge in [0.2, 0.25) is 0 Å². The smallest absolute Gasteiger partial charge is 0.373 e. The van der Waals surface area contributed by atoms with Gasteiger partial charge in [0.05, 0.1) is 0 Å². The number of fused-ring (bicyclic) bond motifs is 3. The monoisotopic (exact) mass is 388 g/mol. The summed E-state index contributed by atoms with van der Waals surface area (Å²) in [4.78, 5) is 0. The van der Waals surface area contributed by atoms with Crippen molar-refractivity contribution in [3.05, 3.63) is 52.8 Å². The van der Waals surface area contributed by atoms with Crippen LogP contribution in [0.5, 0.6) is 5.75 Å². The van der Waals surface area contributed by atoms with E-state index in [1.165, 1.54) is 5.56 Å². The van der Waals surface area contributed by atoms with Crippen molar-refractivity contribution in [1.82, 2.24) is 0 Å². The number of hydrogen-bond donors (Lipinski definition) is 0. The first kappa shape index (κ1) is 18.7. The minimum absolute atomic E-state index is 0.459. The van der Waals surface area contributed by atoms with E-state index in [1.807, 2.05) is 12.1 Å². The maximum Gasteiger partial charge on any atom is 0.534 e. The van der Waals surface area contributed by atoms with Crippen molar-refractivity contribution in [2.75, 3.05) is 0 Å². The quantitative estimate of drug-likeness (QED) is 0.430. The van der Waals surface area contributed by atoms with E-state index >= 15 is 0 Å². The fourth-order valence-corrected chi connectivity index (χ4v) is 3.57. The summed E-state index contributed by atoms with van der Waals surface area (Å²) in [5.74, 6) is -2.09. The van der Waals surface area contributed by atoms with E-state index in [0.717, 1.165) is 36.1 Å². The summed E-state index contributed by atoms with van der Waals surface area (Å²) >= 11 is 0. The highest BCUT2D eigenvalue weighted by molar-refractivity contribution is 7.88. The van der Waals surface area contributed by atoms with E-state index in [1.54, 1.807) is 0 Å². The number of alkyl halides is 3. The highest BCUT2D eigenvalue weighted by atomic mass is 32.2. The number of aryl methyl sites for hydroxylation is 3. The lowest BCUT2D eigenvalue weighted by Gasteiger charge is -2.22. The van der Waals surface area contributed by atoms with E-state index in [2.05, 4.69) is 17.2 Å². The van der Waals surface area contributed by atoms with Crippen LogP contribution in [0.4, 0.5) is 17.6 Å². The molecule has 140 valence electrons. The van der Waals surface area contributed by atoms with Crippen molar-refractivity contribution in [2.24, 2.45) is 0 Å². The van der Waals surface area contributed by atoms with Crippen molar-refractivity contribution in [1.29, 1.82) is 0 Å². The van der Waals surface area contributed by atoms with Gasteiger partial charge in [-0.3, -0.25) is 0 Å². The Morgan fingerprint density at radius 3 is 2.31 bits per heavy atom. The van der Waals surface area contributed by atoms with Crippen molar-refractivity contribution < 1.29 is 30.2 Å². The minimum atomic E-state index is -5.91. The van der Waals surface area contributed by atoms with Gasteiger partial charge in [-0.25, -0.2) is 4.39 Å². The van der Waals surface area contributed by atoms with Gasteiger partial charge in [-0.1, -0.05) is 31.5 Å². The molecule has 0 radical (unpaired) electrons. The fourth-order valence-electron chi connectivity index (χ4n) is 3.11. The minimum Gasteiger partial charge on any atom is -0.373 e. The van der Waals surface area contributed by atoms with Crippen LogP contribution in [0.15, 0.2) is 30.3 Å². The SMILES string of the molecule is CCCc1ccc2c(c1)CCc1cc(OS(=O)(=O)C(F)(F)F)c(F)cc1-2. The molecule has 0 heterocycles. The van der Waals surface area contributed by atoms with Crippen LogP contribution in [0.25, 0.3) is 11.1 Å². The predicted octanol–water partition coefficient (Wildman–Crippen LogP) is 4.77. The molecular weight excluding hydrogens is 372 g/mol. The summed E-state index contributed by atoms with van der Waals surface area (Å²) < 4.78 is 77.8. The van der Waals surface area contributed by atoms with Gasteiger partial charge < -0.3 is 4.18 Å². The molecule has 0 spiro atoms. The van der Waals surface area contributed by atoms with Gasteiger partial charge in [0.15, 0.2) is 11.6 Å². The molecule has 1 aliphatic carbocycles. The molecule has 0 amide bonds. The third-order valence-electron chi connectivity index (χ3n) is 4.30. The Labute approximate surface area is 148 Å². The molecule has 0 unspecified atom stereocenters. The molecule has 0 fully saturated rings. The Balaban J connectivity index is 2.00. The Morgan fingerprint density at radius 1 is 1.04 bits per heavy atom. The second-order valence-corrected chi connectivity index (χ2v) is 7.70. The number of hydrogen-bond acceptors (Lipinski definition) is 3. The van der Waals surface area contributed by atoms with Crippen molar-refractivity contribution in [3.8, 4) is 16.9 Å². The molecule has 2 aromatic rings. The first-order valence-electron chi connectivity index (χ1n) is 8.07. The average Bonchev–Trinajstić information content (AvgIpc) is 2.54. The molecule has 0 aromatic heterocycles. The Hall–Kier alpha value is -2.09. The highest BCUT2D eigenvalue weighted by Gasteiger charge is 2.49. The molecule has 26 heavy (non-hydrogen) atoms. The number of halogens is 4. The highest BCUT2D eigenvalue weighted by Crippen LogP contribution is 2.38. The molecule has 3 nitrogen and oxygen atoms in total. The second-order valence-electron chi connectivity index (χ2n) is 6.16. The topological polar surface area (TPSA) is 43.4 Å². The largest absolute Gasteiger partial charge is 0.534 e. The lowest BCUT2D eigenvalue weighted by Crippen LogP contribution is -2.28. The van der Waals surface area contributed by atoms with E-state index < -0.39 is 27.2 Å². The zero-order valence-electron chi connectivity index (χ0n) is 13.9. The maximum absolute atomic E-state index is 14.2. The normalized spacial score (nSPS) is 13.9. The van der Waals surface area contributed by atoms with Gasteiger partial charge >= 0.3 is 15.6 Å². The summed E-state index contributed by atoms with van der Waals surface area (Å²) in [6.07, 6.45) is 3.02. The van der Waals surface area contributed by atoms with Crippen molar-refractivity contribution in [3.63, 3.8) is 0 Å². The van der Waals surface area contributed by atoms with Gasteiger partial charge in [0.1, 0.15) is 0 Å². The van der Waals surface area contributed by atoms with Crippen LogP contribution in [-0.4, -0.2) is 13.9 Å².